The Balaban J connectivity index is 1.56. The summed E-state index contributed by atoms with van der Waals surface area (Å²) in [5, 5.41) is 2.99. The molecule has 0 atom stereocenters. The Morgan fingerprint density at radius 2 is 1.72 bits per heavy atom. The summed E-state index contributed by atoms with van der Waals surface area (Å²) in [6, 6.07) is 17.9. The molecule has 0 saturated carbocycles. The van der Waals surface area contributed by atoms with Gasteiger partial charge in [-0.1, -0.05) is 42.5 Å². The standard InChI is InChI=1S/C23H29N3O3/c1-19(27)26(13-7-10-20-8-3-2-4-9-20)18-23(28)24-21-11-5-6-12-22(21)25-14-16-29-17-15-25/h2-6,8-9,11-12H,7,10,13-18H2,1H3,(H,24,28). The summed E-state index contributed by atoms with van der Waals surface area (Å²) in [4.78, 5) is 28.5. The molecule has 1 heterocycles. The first kappa shape index (κ1) is 20.9. The van der Waals surface area contributed by atoms with Gasteiger partial charge < -0.3 is 19.9 Å². The van der Waals surface area contributed by atoms with E-state index in [-0.39, 0.29) is 18.4 Å². The van der Waals surface area contributed by atoms with E-state index in [9.17, 15) is 9.59 Å². The molecule has 2 aromatic carbocycles. The van der Waals surface area contributed by atoms with Crippen molar-refractivity contribution in [1.29, 1.82) is 0 Å². The third kappa shape index (κ3) is 6.32. The molecule has 6 nitrogen and oxygen atoms in total. The first-order chi connectivity index (χ1) is 14.1. The average Bonchev–Trinajstić information content (AvgIpc) is 2.74. The lowest BCUT2D eigenvalue weighted by Gasteiger charge is -2.30. The van der Waals surface area contributed by atoms with Crippen LogP contribution in [0.25, 0.3) is 0 Å². The first-order valence-corrected chi connectivity index (χ1v) is 10.1. The van der Waals surface area contributed by atoms with Gasteiger partial charge in [0.05, 0.1) is 31.1 Å². The normalized spacial score (nSPS) is 13.8. The fourth-order valence-electron chi connectivity index (χ4n) is 3.49. The van der Waals surface area contributed by atoms with Crippen LogP contribution in [0.15, 0.2) is 54.6 Å². The summed E-state index contributed by atoms with van der Waals surface area (Å²) in [7, 11) is 0. The SMILES string of the molecule is CC(=O)N(CCCc1ccccc1)CC(=O)Nc1ccccc1N1CCOCC1. The van der Waals surface area contributed by atoms with Gasteiger partial charge in [-0.15, -0.1) is 0 Å². The van der Waals surface area contributed by atoms with Crippen LogP contribution in [0.2, 0.25) is 0 Å². The number of carbonyl (C=O) groups excluding carboxylic acids is 2. The van der Waals surface area contributed by atoms with Gasteiger partial charge >= 0.3 is 0 Å². The minimum atomic E-state index is -0.180. The van der Waals surface area contributed by atoms with Crippen LogP contribution in [-0.4, -0.2) is 56.1 Å². The first-order valence-electron chi connectivity index (χ1n) is 10.1. The van der Waals surface area contributed by atoms with E-state index in [0.717, 1.165) is 37.3 Å². The molecule has 0 aromatic heterocycles. The highest BCUT2D eigenvalue weighted by molar-refractivity contribution is 5.97. The summed E-state index contributed by atoms with van der Waals surface area (Å²) >= 11 is 0. The van der Waals surface area contributed by atoms with Crippen molar-refractivity contribution in [3.63, 3.8) is 0 Å². The van der Waals surface area contributed by atoms with Gasteiger partial charge in [-0.3, -0.25) is 9.59 Å². The summed E-state index contributed by atoms with van der Waals surface area (Å²) < 4.78 is 5.42. The van der Waals surface area contributed by atoms with Crippen LogP contribution in [0.4, 0.5) is 11.4 Å². The van der Waals surface area contributed by atoms with Gasteiger partial charge in [0.1, 0.15) is 0 Å². The second-order valence-electron chi connectivity index (χ2n) is 7.19. The number of ether oxygens (including phenoxy) is 1. The number of para-hydroxylation sites is 2. The summed E-state index contributed by atoms with van der Waals surface area (Å²) in [5.74, 6) is -0.268. The monoisotopic (exact) mass is 395 g/mol. The molecule has 6 heteroatoms. The molecule has 154 valence electrons. The highest BCUT2D eigenvalue weighted by atomic mass is 16.5. The van der Waals surface area contributed by atoms with E-state index in [4.69, 9.17) is 4.74 Å². The van der Waals surface area contributed by atoms with E-state index in [2.05, 4.69) is 22.3 Å². The zero-order chi connectivity index (χ0) is 20.5. The van der Waals surface area contributed by atoms with Crippen molar-refractivity contribution in [1.82, 2.24) is 4.90 Å². The Morgan fingerprint density at radius 1 is 1.03 bits per heavy atom. The number of nitrogens with one attached hydrogen (secondary N) is 1. The third-order valence-electron chi connectivity index (χ3n) is 5.05. The molecule has 1 aliphatic rings. The minimum absolute atomic E-state index is 0.0571. The molecule has 1 aliphatic heterocycles. The van der Waals surface area contributed by atoms with Crippen molar-refractivity contribution >= 4 is 23.2 Å². The van der Waals surface area contributed by atoms with Crippen molar-refractivity contribution in [2.24, 2.45) is 0 Å². The van der Waals surface area contributed by atoms with Crippen molar-refractivity contribution < 1.29 is 14.3 Å². The maximum atomic E-state index is 12.6. The third-order valence-corrected chi connectivity index (χ3v) is 5.05. The van der Waals surface area contributed by atoms with Crippen LogP contribution >= 0.6 is 0 Å². The van der Waals surface area contributed by atoms with Crippen molar-refractivity contribution in [3.8, 4) is 0 Å². The zero-order valence-corrected chi connectivity index (χ0v) is 17.0. The lowest BCUT2D eigenvalue weighted by atomic mass is 10.1. The van der Waals surface area contributed by atoms with Crippen molar-refractivity contribution in [2.75, 3.05) is 49.6 Å². The molecule has 0 bridgehead atoms. The van der Waals surface area contributed by atoms with Crippen LogP contribution in [0.5, 0.6) is 0 Å². The van der Waals surface area contributed by atoms with Crippen LogP contribution in [0.3, 0.4) is 0 Å². The van der Waals surface area contributed by atoms with Crippen molar-refractivity contribution in [2.45, 2.75) is 19.8 Å². The van der Waals surface area contributed by atoms with Gasteiger partial charge in [0, 0.05) is 26.6 Å². The number of rotatable bonds is 8. The zero-order valence-electron chi connectivity index (χ0n) is 17.0. The summed E-state index contributed by atoms with van der Waals surface area (Å²) in [6.45, 7) is 5.09. The van der Waals surface area contributed by atoms with Gasteiger partial charge in [-0.2, -0.15) is 0 Å². The fraction of sp³-hybridized carbons (Fsp3) is 0.391. The molecule has 0 unspecified atom stereocenters. The molecular weight excluding hydrogens is 366 g/mol. The smallest absolute Gasteiger partial charge is 0.244 e. The Morgan fingerprint density at radius 3 is 2.45 bits per heavy atom. The van der Waals surface area contributed by atoms with Gasteiger partial charge in [0.2, 0.25) is 11.8 Å². The number of amides is 2. The number of nitrogens with zero attached hydrogens (tertiary/aromatic N) is 2. The average molecular weight is 396 g/mol. The van der Waals surface area contributed by atoms with E-state index in [0.29, 0.717) is 19.8 Å². The number of anilines is 2. The highest BCUT2D eigenvalue weighted by Crippen LogP contribution is 2.26. The maximum Gasteiger partial charge on any atom is 0.244 e. The molecule has 1 saturated heterocycles. The molecule has 3 rings (SSSR count). The minimum Gasteiger partial charge on any atom is -0.378 e. The summed E-state index contributed by atoms with van der Waals surface area (Å²) in [6.07, 6.45) is 1.70. The van der Waals surface area contributed by atoms with E-state index < -0.39 is 0 Å². The predicted octanol–water partition coefficient (Wildman–Crippen LogP) is 2.94. The van der Waals surface area contributed by atoms with E-state index in [1.807, 2.05) is 42.5 Å². The second kappa shape index (κ2) is 10.6. The van der Waals surface area contributed by atoms with Crippen LogP contribution in [0, 0.1) is 0 Å². The number of benzene rings is 2. The Bertz CT molecular complexity index is 804. The Kier molecular flexibility index (Phi) is 7.64. The molecule has 1 fully saturated rings. The quantitative estimate of drug-likeness (QED) is 0.747. The lowest BCUT2D eigenvalue weighted by Crippen LogP contribution is -2.39. The molecule has 29 heavy (non-hydrogen) atoms. The Hall–Kier alpha value is -2.86. The van der Waals surface area contributed by atoms with Gasteiger partial charge in [0.15, 0.2) is 0 Å². The number of hydrogen-bond acceptors (Lipinski definition) is 4. The van der Waals surface area contributed by atoms with Crippen LogP contribution in [0.1, 0.15) is 18.9 Å². The number of morpholine rings is 1. The lowest BCUT2D eigenvalue weighted by molar-refractivity contribution is -0.132. The molecule has 2 amide bonds. The summed E-state index contributed by atoms with van der Waals surface area (Å²) in [5.41, 5.74) is 3.00. The van der Waals surface area contributed by atoms with Crippen molar-refractivity contribution in [3.05, 3.63) is 60.2 Å². The van der Waals surface area contributed by atoms with Crippen LogP contribution < -0.4 is 10.2 Å². The Labute approximate surface area is 172 Å². The topological polar surface area (TPSA) is 61.9 Å². The molecule has 2 aromatic rings. The maximum absolute atomic E-state index is 12.6. The van der Waals surface area contributed by atoms with Gasteiger partial charge in [0.25, 0.3) is 0 Å². The molecule has 0 spiro atoms. The fourth-order valence-corrected chi connectivity index (χ4v) is 3.49. The number of aryl methyl sites for hydroxylation is 1. The van der Waals surface area contributed by atoms with Gasteiger partial charge in [-0.05, 0) is 30.5 Å². The van der Waals surface area contributed by atoms with Gasteiger partial charge in [-0.25, -0.2) is 0 Å². The second-order valence-corrected chi connectivity index (χ2v) is 7.19. The number of carbonyl (C=O) groups is 2. The van der Waals surface area contributed by atoms with E-state index in [1.54, 1.807) is 4.90 Å². The molecule has 0 radical (unpaired) electrons. The van der Waals surface area contributed by atoms with Crippen LogP contribution in [-0.2, 0) is 20.7 Å². The largest absolute Gasteiger partial charge is 0.378 e. The molecular formula is C23H29N3O3. The van der Waals surface area contributed by atoms with E-state index >= 15 is 0 Å². The predicted molar refractivity (Wildman–Crippen MR) is 115 cm³/mol. The molecule has 1 N–H and O–H groups in total. The highest BCUT2D eigenvalue weighted by Gasteiger charge is 2.18. The number of hydrogen-bond donors (Lipinski definition) is 1. The van der Waals surface area contributed by atoms with E-state index in [1.165, 1.54) is 12.5 Å². The molecule has 0 aliphatic carbocycles.